The first-order valence-corrected chi connectivity index (χ1v) is 11.2. The Morgan fingerprint density at radius 1 is 1.12 bits per heavy atom. The van der Waals surface area contributed by atoms with Gasteiger partial charge in [0.15, 0.2) is 0 Å². The third kappa shape index (κ3) is 5.71. The van der Waals surface area contributed by atoms with E-state index in [0.29, 0.717) is 16.3 Å². The molecule has 2 heterocycles. The summed E-state index contributed by atoms with van der Waals surface area (Å²) >= 11 is 6.02. The molecule has 174 valence electrons. The van der Waals surface area contributed by atoms with Crippen LogP contribution < -0.4 is 11.1 Å². The van der Waals surface area contributed by atoms with Gasteiger partial charge in [-0.25, -0.2) is 9.18 Å². The highest BCUT2D eigenvalue weighted by atomic mass is 35.5. The average Bonchev–Trinajstić information content (AvgIpc) is 2.73. The van der Waals surface area contributed by atoms with Gasteiger partial charge >= 0.3 is 6.03 Å². The molecule has 0 saturated carbocycles. The third-order valence-electron chi connectivity index (χ3n) is 6.02. The Kier molecular flexibility index (Phi) is 6.97. The highest BCUT2D eigenvalue weighted by molar-refractivity contribution is 6.31. The minimum atomic E-state index is -0.701. The van der Waals surface area contributed by atoms with Crippen molar-refractivity contribution in [1.29, 1.82) is 0 Å². The molecule has 4 rings (SSSR count). The summed E-state index contributed by atoms with van der Waals surface area (Å²) in [5.74, 6) is -0.311. The number of carbonyl (C=O) groups is 2. The molecule has 33 heavy (non-hydrogen) atoms. The molecule has 2 fully saturated rings. The molecule has 2 unspecified atom stereocenters. The summed E-state index contributed by atoms with van der Waals surface area (Å²) in [5, 5.41) is 2.99. The van der Waals surface area contributed by atoms with Crippen LogP contribution in [0, 0.1) is 5.82 Å². The standard InChI is InChI=1S/C24H27ClFN5O2/c1-29-12-20-14-30(11-16-2-7-19(26)8-3-16)15-21(13-29)31(20)23(32)9-5-17-4-6-18(25)10-22(17)28-24(27)33/h2-10,20-21H,11-15H2,1H3,(H3,27,28,33). The van der Waals surface area contributed by atoms with Crippen LogP contribution in [0.5, 0.6) is 0 Å². The second kappa shape index (κ2) is 9.91. The van der Waals surface area contributed by atoms with E-state index in [0.717, 1.165) is 38.3 Å². The fourth-order valence-corrected chi connectivity index (χ4v) is 4.90. The molecule has 2 aromatic rings. The smallest absolute Gasteiger partial charge is 0.316 e. The van der Waals surface area contributed by atoms with Gasteiger partial charge in [-0.1, -0.05) is 29.8 Å². The molecule has 2 bridgehead atoms. The number of hydrogen-bond acceptors (Lipinski definition) is 4. The third-order valence-corrected chi connectivity index (χ3v) is 6.26. The topological polar surface area (TPSA) is 81.9 Å². The summed E-state index contributed by atoms with van der Waals surface area (Å²) in [6.07, 6.45) is 3.21. The van der Waals surface area contributed by atoms with Gasteiger partial charge in [0.05, 0.1) is 17.8 Å². The summed E-state index contributed by atoms with van der Waals surface area (Å²) in [6, 6.07) is 11.0. The number of amides is 3. The maximum Gasteiger partial charge on any atom is 0.316 e. The highest BCUT2D eigenvalue weighted by Gasteiger charge is 2.41. The fourth-order valence-electron chi connectivity index (χ4n) is 4.73. The fraction of sp³-hybridized carbons (Fsp3) is 0.333. The summed E-state index contributed by atoms with van der Waals surface area (Å²) in [5.41, 5.74) is 7.39. The Bertz CT molecular complexity index is 1050. The van der Waals surface area contributed by atoms with Crippen LogP contribution in [0.4, 0.5) is 14.9 Å². The minimum Gasteiger partial charge on any atom is -0.351 e. The van der Waals surface area contributed by atoms with Gasteiger partial charge in [0.1, 0.15) is 5.82 Å². The molecule has 2 aromatic carbocycles. The lowest BCUT2D eigenvalue weighted by Gasteiger charge is -2.52. The van der Waals surface area contributed by atoms with Crippen LogP contribution in [0.1, 0.15) is 11.1 Å². The van der Waals surface area contributed by atoms with Crippen LogP contribution in [0.2, 0.25) is 5.02 Å². The van der Waals surface area contributed by atoms with E-state index in [2.05, 4.69) is 22.2 Å². The van der Waals surface area contributed by atoms with E-state index in [-0.39, 0.29) is 23.8 Å². The normalized spacial score (nSPS) is 21.4. The van der Waals surface area contributed by atoms with E-state index in [4.69, 9.17) is 17.3 Å². The molecule has 2 saturated heterocycles. The van der Waals surface area contributed by atoms with Crippen molar-refractivity contribution in [2.75, 3.05) is 38.5 Å². The Morgan fingerprint density at radius 3 is 2.42 bits per heavy atom. The van der Waals surface area contributed by atoms with Gasteiger partial charge in [-0.2, -0.15) is 0 Å². The van der Waals surface area contributed by atoms with Crippen LogP contribution in [0.15, 0.2) is 48.5 Å². The molecule has 9 heteroatoms. The van der Waals surface area contributed by atoms with E-state index in [1.807, 2.05) is 4.90 Å². The number of carbonyl (C=O) groups excluding carboxylic acids is 2. The van der Waals surface area contributed by atoms with Gasteiger partial charge in [-0.15, -0.1) is 0 Å². The number of primary amides is 1. The van der Waals surface area contributed by atoms with Gasteiger partial charge in [0.25, 0.3) is 0 Å². The number of piperazine rings is 2. The van der Waals surface area contributed by atoms with Crippen molar-refractivity contribution in [1.82, 2.24) is 14.7 Å². The van der Waals surface area contributed by atoms with Crippen molar-refractivity contribution in [2.24, 2.45) is 5.73 Å². The second-order valence-corrected chi connectivity index (χ2v) is 9.09. The molecule has 2 aliphatic heterocycles. The molecular formula is C24H27ClFN5O2. The predicted molar refractivity (Wildman–Crippen MR) is 127 cm³/mol. The molecule has 0 aromatic heterocycles. The number of nitrogens with two attached hydrogens (primary N) is 1. The number of halogens is 2. The predicted octanol–water partition coefficient (Wildman–Crippen LogP) is 3.01. The van der Waals surface area contributed by atoms with Gasteiger partial charge < -0.3 is 20.9 Å². The number of rotatable bonds is 5. The molecule has 7 nitrogen and oxygen atoms in total. The zero-order valence-corrected chi connectivity index (χ0v) is 19.1. The van der Waals surface area contributed by atoms with E-state index in [1.54, 1.807) is 36.4 Å². The quantitative estimate of drug-likeness (QED) is 0.657. The number of nitrogens with zero attached hydrogens (tertiary/aromatic N) is 3. The first-order chi connectivity index (χ1) is 15.8. The molecule has 3 N–H and O–H groups in total. The monoisotopic (exact) mass is 471 g/mol. The Balaban J connectivity index is 1.48. The van der Waals surface area contributed by atoms with Crippen molar-refractivity contribution >= 4 is 35.3 Å². The Hall–Kier alpha value is -2.94. The van der Waals surface area contributed by atoms with E-state index in [9.17, 15) is 14.0 Å². The summed E-state index contributed by atoms with van der Waals surface area (Å²) in [6.45, 7) is 3.78. The lowest BCUT2D eigenvalue weighted by molar-refractivity contribution is -0.140. The Labute approximate surface area is 197 Å². The number of benzene rings is 2. The highest BCUT2D eigenvalue weighted by Crippen LogP contribution is 2.26. The molecule has 2 aliphatic rings. The van der Waals surface area contributed by atoms with Gasteiger partial charge in [-0.05, 0) is 48.5 Å². The van der Waals surface area contributed by atoms with Gasteiger partial charge in [0, 0.05) is 43.8 Å². The first kappa shape index (κ1) is 23.2. The van der Waals surface area contributed by atoms with Crippen LogP contribution in [0.3, 0.4) is 0 Å². The van der Waals surface area contributed by atoms with Crippen molar-refractivity contribution in [2.45, 2.75) is 18.6 Å². The number of likely N-dealkylation sites (N-methyl/N-ethyl adjacent to an activating group) is 1. The van der Waals surface area contributed by atoms with Crippen molar-refractivity contribution in [3.05, 3.63) is 70.5 Å². The van der Waals surface area contributed by atoms with E-state index in [1.165, 1.54) is 18.2 Å². The summed E-state index contributed by atoms with van der Waals surface area (Å²) in [7, 11) is 2.07. The molecule has 0 radical (unpaired) electrons. The molecule has 2 atom stereocenters. The number of fused-ring (bicyclic) bond motifs is 2. The zero-order chi connectivity index (χ0) is 23.5. The summed E-state index contributed by atoms with van der Waals surface area (Å²) in [4.78, 5) is 31.1. The van der Waals surface area contributed by atoms with Crippen LogP contribution in [-0.2, 0) is 11.3 Å². The lowest BCUT2D eigenvalue weighted by Crippen LogP contribution is -2.68. The molecule has 0 spiro atoms. The van der Waals surface area contributed by atoms with E-state index >= 15 is 0 Å². The SMILES string of the molecule is CN1CC2CN(Cc3ccc(F)cc3)CC(C1)N2C(=O)C=Cc1ccc(Cl)cc1NC(N)=O. The summed E-state index contributed by atoms with van der Waals surface area (Å²) < 4.78 is 13.2. The molecule has 0 aliphatic carbocycles. The second-order valence-electron chi connectivity index (χ2n) is 8.65. The maximum atomic E-state index is 13.2. The maximum absolute atomic E-state index is 13.2. The average molecular weight is 472 g/mol. The minimum absolute atomic E-state index is 0.0496. The zero-order valence-electron chi connectivity index (χ0n) is 18.4. The van der Waals surface area contributed by atoms with Gasteiger partial charge in [-0.3, -0.25) is 9.69 Å². The first-order valence-electron chi connectivity index (χ1n) is 10.8. The number of urea groups is 1. The lowest BCUT2D eigenvalue weighted by atomic mass is 9.99. The Morgan fingerprint density at radius 2 is 1.79 bits per heavy atom. The number of nitrogens with one attached hydrogen (secondary N) is 1. The van der Waals surface area contributed by atoms with Crippen molar-refractivity contribution < 1.29 is 14.0 Å². The largest absolute Gasteiger partial charge is 0.351 e. The van der Waals surface area contributed by atoms with Crippen LogP contribution >= 0.6 is 11.6 Å². The van der Waals surface area contributed by atoms with Crippen LogP contribution in [0.25, 0.3) is 6.08 Å². The number of anilines is 1. The molecular weight excluding hydrogens is 445 g/mol. The molecule has 3 amide bonds. The van der Waals surface area contributed by atoms with Gasteiger partial charge in [0.2, 0.25) is 5.91 Å². The number of hydrogen-bond donors (Lipinski definition) is 2. The van der Waals surface area contributed by atoms with Crippen molar-refractivity contribution in [3.63, 3.8) is 0 Å². The van der Waals surface area contributed by atoms with E-state index < -0.39 is 6.03 Å². The van der Waals surface area contributed by atoms with Crippen molar-refractivity contribution in [3.8, 4) is 0 Å². The van der Waals surface area contributed by atoms with Crippen LogP contribution in [-0.4, -0.2) is 71.9 Å².